The molecule has 0 bridgehead atoms. The van der Waals surface area contributed by atoms with Gasteiger partial charge in [0.25, 0.3) is 0 Å². The Morgan fingerprint density at radius 1 is 1.43 bits per heavy atom. The predicted molar refractivity (Wildman–Crippen MR) is 55.8 cm³/mol. The molecule has 80 valence electrons. The van der Waals surface area contributed by atoms with E-state index in [1.807, 2.05) is 0 Å². The summed E-state index contributed by atoms with van der Waals surface area (Å²) in [5.41, 5.74) is 5.40. The van der Waals surface area contributed by atoms with Crippen LogP contribution in [0.25, 0.3) is 0 Å². The Kier molecular flexibility index (Phi) is 5.34. The van der Waals surface area contributed by atoms with E-state index in [1.54, 1.807) is 6.92 Å². The first kappa shape index (κ1) is 13.6. The largest absolute Gasteiger partial charge is 0.324 e. The van der Waals surface area contributed by atoms with E-state index < -0.39 is 17.7 Å². The van der Waals surface area contributed by atoms with E-state index in [4.69, 9.17) is 17.3 Å². The number of benzene rings is 1. The number of nitrogens with two attached hydrogens (primary N) is 1. The molecular weight excluding hydrogens is 231 g/mol. The summed E-state index contributed by atoms with van der Waals surface area (Å²) in [5.74, 6) is -1.40. The highest BCUT2D eigenvalue weighted by Crippen LogP contribution is 2.26. The van der Waals surface area contributed by atoms with Crippen LogP contribution in [0.15, 0.2) is 12.1 Å². The molecule has 0 aliphatic heterocycles. The van der Waals surface area contributed by atoms with Crippen molar-refractivity contribution in [2.45, 2.75) is 19.4 Å². The zero-order valence-corrected chi connectivity index (χ0v) is 9.13. The minimum absolute atomic E-state index is 0. The summed E-state index contributed by atoms with van der Waals surface area (Å²) < 4.78 is 26.3. The molecule has 1 aromatic rings. The van der Waals surface area contributed by atoms with E-state index in [9.17, 15) is 8.78 Å². The molecule has 1 atom stereocenters. The van der Waals surface area contributed by atoms with E-state index in [0.29, 0.717) is 6.42 Å². The lowest BCUT2D eigenvalue weighted by Gasteiger charge is -2.11. The molecule has 0 amide bonds. The van der Waals surface area contributed by atoms with Gasteiger partial charge in [-0.3, -0.25) is 0 Å². The molecule has 14 heavy (non-hydrogen) atoms. The summed E-state index contributed by atoms with van der Waals surface area (Å²) in [6.07, 6.45) is 0.466. The highest BCUT2D eigenvalue weighted by Gasteiger charge is 2.17. The van der Waals surface area contributed by atoms with Crippen molar-refractivity contribution in [3.63, 3.8) is 0 Å². The lowest BCUT2D eigenvalue weighted by molar-refractivity contribution is 0.521. The lowest BCUT2D eigenvalue weighted by Crippen LogP contribution is -2.13. The molecular formula is C9H11Cl2F2N. The summed E-state index contributed by atoms with van der Waals surface area (Å²) >= 11 is 5.49. The van der Waals surface area contributed by atoms with Gasteiger partial charge in [0.15, 0.2) is 0 Å². The van der Waals surface area contributed by atoms with Gasteiger partial charge >= 0.3 is 0 Å². The number of halogens is 4. The molecule has 0 fully saturated rings. The third-order valence-corrected chi connectivity index (χ3v) is 2.18. The normalized spacial score (nSPS) is 12.1. The van der Waals surface area contributed by atoms with Crippen LogP contribution < -0.4 is 5.73 Å². The maximum Gasteiger partial charge on any atom is 0.149 e. The third-order valence-electron chi connectivity index (χ3n) is 1.89. The van der Waals surface area contributed by atoms with Crippen molar-refractivity contribution < 1.29 is 8.78 Å². The van der Waals surface area contributed by atoms with Crippen LogP contribution in [0.2, 0.25) is 5.02 Å². The monoisotopic (exact) mass is 241 g/mol. The molecule has 0 saturated heterocycles. The van der Waals surface area contributed by atoms with Crippen molar-refractivity contribution in [3.8, 4) is 0 Å². The van der Waals surface area contributed by atoms with Crippen LogP contribution in [0.4, 0.5) is 8.78 Å². The lowest BCUT2D eigenvalue weighted by atomic mass is 10.0. The van der Waals surface area contributed by atoms with Crippen molar-refractivity contribution in [1.29, 1.82) is 0 Å². The molecule has 5 heteroatoms. The molecule has 0 radical (unpaired) electrons. The van der Waals surface area contributed by atoms with Gasteiger partial charge in [-0.25, -0.2) is 8.78 Å². The molecule has 0 heterocycles. The molecule has 1 nitrogen and oxygen atoms in total. The van der Waals surface area contributed by atoms with Gasteiger partial charge in [-0.05, 0) is 18.6 Å². The van der Waals surface area contributed by atoms with Gasteiger partial charge in [-0.2, -0.15) is 0 Å². The Hall–Kier alpha value is -0.380. The molecule has 0 aromatic heterocycles. The molecule has 0 spiro atoms. The van der Waals surface area contributed by atoms with E-state index in [2.05, 4.69) is 0 Å². The fourth-order valence-electron chi connectivity index (χ4n) is 1.09. The van der Waals surface area contributed by atoms with Gasteiger partial charge in [0.2, 0.25) is 0 Å². The Morgan fingerprint density at radius 2 is 2.00 bits per heavy atom. The summed E-state index contributed by atoms with van der Waals surface area (Å²) in [6.45, 7) is 1.75. The van der Waals surface area contributed by atoms with E-state index in [1.165, 1.54) is 6.07 Å². The van der Waals surface area contributed by atoms with Crippen LogP contribution in [0.3, 0.4) is 0 Å². The maximum absolute atomic E-state index is 13.2. The second-order valence-corrected chi connectivity index (χ2v) is 3.18. The van der Waals surface area contributed by atoms with Gasteiger partial charge in [0, 0.05) is 11.6 Å². The van der Waals surface area contributed by atoms with Crippen molar-refractivity contribution >= 4 is 24.0 Å². The summed E-state index contributed by atoms with van der Waals surface area (Å²) in [6, 6.07) is 1.66. The van der Waals surface area contributed by atoms with Crippen LogP contribution in [0.5, 0.6) is 0 Å². The van der Waals surface area contributed by atoms with Gasteiger partial charge in [0.1, 0.15) is 11.6 Å². The predicted octanol–water partition coefficient (Wildman–Crippen LogP) is 3.45. The standard InChI is InChI=1S/C9H10ClF2N.ClH/c1-2-7(13)8-6(11)4-3-5(10)9(8)12;/h3-4,7H,2,13H2,1H3;1H/t7-;/m0./s1. The second-order valence-electron chi connectivity index (χ2n) is 2.77. The third kappa shape index (κ3) is 2.56. The van der Waals surface area contributed by atoms with Gasteiger partial charge in [-0.1, -0.05) is 18.5 Å². The van der Waals surface area contributed by atoms with Crippen LogP contribution in [-0.2, 0) is 0 Å². The molecule has 1 aromatic carbocycles. The Bertz CT molecular complexity index is 318. The fourth-order valence-corrected chi connectivity index (χ4v) is 1.25. The maximum atomic E-state index is 13.2. The van der Waals surface area contributed by atoms with E-state index >= 15 is 0 Å². The van der Waals surface area contributed by atoms with Crippen molar-refractivity contribution in [2.75, 3.05) is 0 Å². The topological polar surface area (TPSA) is 26.0 Å². The summed E-state index contributed by atoms with van der Waals surface area (Å²) in [5, 5.41) is -0.0969. The number of rotatable bonds is 2. The first-order chi connectivity index (χ1) is 6.07. The van der Waals surface area contributed by atoms with Crippen LogP contribution in [0, 0.1) is 11.6 Å². The Morgan fingerprint density at radius 3 is 2.50 bits per heavy atom. The van der Waals surface area contributed by atoms with Gasteiger partial charge in [-0.15, -0.1) is 12.4 Å². The van der Waals surface area contributed by atoms with Crippen LogP contribution in [0.1, 0.15) is 24.9 Å². The molecule has 0 unspecified atom stereocenters. The summed E-state index contributed by atoms with van der Waals surface area (Å²) in [7, 11) is 0. The zero-order valence-electron chi connectivity index (χ0n) is 7.56. The van der Waals surface area contributed by atoms with E-state index in [0.717, 1.165) is 6.07 Å². The minimum atomic E-state index is -0.754. The fraction of sp³-hybridized carbons (Fsp3) is 0.333. The first-order valence-electron chi connectivity index (χ1n) is 3.96. The number of hydrogen-bond donors (Lipinski definition) is 1. The highest BCUT2D eigenvalue weighted by atomic mass is 35.5. The molecule has 0 aliphatic rings. The second kappa shape index (κ2) is 5.49. The summed E-state index contributed by atoms with van der Waals surface area (Å²) in [4.78, 5) is 0. The van der Waals surface area contributed by atoms with Crippen molar-refractivity contribution in [2.24, 2.45) is 5.73 Å². The molecule has 0 saturated carbocycles. The molecule has 2 N–H and O–H groups in total. The average molecular weight is 242 g/mol. The van der Waals surface area contributed by atoms with Gasteiger partial charge in [0.05, 0.1) is 5.02 Å². The smallest absolute Gasteiger partial charge is 0.149 e. The quantitative estimate of drug-likeness (QED) is 0.789. The average Bonchev–Trinajstić information content (AvgIpc) is 2.12. The van der Waals surface area contributed by atoms with Crippen molar-refractivity contribution in [1.82, 2.24) is 0 Å². The Labute approximate surface area is 92.7 Å². The SMILES string of the molecule is CC[C@H](N)c1c(F)ccc(Cl)c1F.Cl. The van der Waals surface area contributed by atoms with Crippen molar-refractivity contribution in [3.05, 3.63) is 34.4 Å². The highest BCUT2D eigenvalue weighted by molar-refractivity contribution is 6.30. The Balaban J connectivity index is 0.00000169. The zero-order chi connectivity index (χ0) is 10.0. The molecule has 1 rings (SSSR count). The van der Waals surface area contributed by atoms with Crippen LogP contribution >= 0.6 is 24.0 Å². The minimum Gasteiger partial charge on any atom is -0.324 e. The first-order valence-corrected chi connectivity index (χ1v) is 4.34. The van der Waals surface area contributed by atoms with Crippen LogP contribution in [-0.4, -0.2) is 0 Å². The molecule has 0 aliphatic carbocycles. The van der Waals surface area contributed by atoms with E-state index in [-0.39, 0.29) is 23.0 Å². The van der Waals surface area contributed by atoms with Gasteiger partial charge < -0.3 is 5.73 Å². The number of hydrogen-bond acceptors (Lipinski definition) is 1.